The van der Waals surface area contributed by atoms with E-state index in [0.29, 0.717) is 6.54 Å². The normalized spacial score (nSPS) is 10.4. The molecule has 94 valence electrons. The number of thiazole rings is 1. The zero-order valence-electron chi connectivity index (χ0n) is 10.2. The highest BCUT2D eigenvalue weighted by molar-refractivity contribution is 7.11. The van der Waals surface area contributed by atoms with Crippen molar-refractivity contribution in [2.75, 3.05) is 0 Å². The average Bonchev–Trinajstić information content (AvgIpc) is 2.72. The number of amides is 1. The van der Waals surface area contributed by atoms with E-state index in [9.17, 15) is 9.18 Å². The molecular weight excluding hydrogens is 251 g/mol. The lowest BCUT2D eigenvalue weighted by molar-refractivity contribution is 0.0947. The number of nitrogens with zero attached hydrogens (tertiary/aromatic N) is 1. The van der Waals surface area contributed by atoms with Crippen molar-refractivity contribution in [3.05, 3.63) is 51.2 Å². The van der Waals surface area contributed by atoms with Gasteiger partial charge in [-0.1, -0.05) is 6.07 Å². The molecule has 0 aliphatic rings. The molecule has 0 unspecified atom stereocenters. The molecule has 0 atom stereocenters. The molecule has 18 heavy (non-hydrogen) atoms. The van der Waals surface area contributed by atoms with Gasteiger partial charge in [0.25, 0.3) is 5.91 Å². The van der Waals surface area contributed by atoms with Crippen LogP contribution in [0.2, 0.25) is 0 Å². The fourth-order valence-corrected chi connectivity index (χ4v) is 2.27. The van der Waals surface area contributed by atoms with E-state index in [2.05, 4.69) is 10.3 Å². The quantitative estimate of drug-likeness (QED) is 0.926. The SMILES string of the molecule is Cc1ccc(C(=O)NCc2ncc(C)s2)c(F)c1. The molecule has 0 saturated heterocycles. The van der Waals surface area contributed by atoms with Crippen LogP contribution in [0.3, 0.4) is 0 Å². The molecular formula is C13H13FN2OS. The van der Waals surface area contributed by atoms with Gasteiger partial charge < -0.3 is 5.32 Å². The Labute approximate surface area is 109 Å². The molecule has 1 heterocycles. The summed E-state index contributed by atoms with van der Waals surface area (Å²) in [6, 6.07) is 4.56. The van der Waals surface area contributed by atoms with Crippen LogP contribution < -0.4 is 5.32 Å². The Bertz CT molecular complexity index is 580. The Balaban J connectivity index is 2.03. The van der Waals surface area contributed by atoms with Gasteiger partial charge in [-0.05, 0) is 31.5 Å². The number of halogens is 1. The van der Waals surface area contributed by atoms with Crippen molar-refractivity contribution in [1.29, 1.82) is 0 Å². The third-order valence-electron chi connectivity index (χ3n) is 2.44. The number of benzene rings is 1. The smallest absolute Gasteiger partial charge is 0.254 e. The van der Waals surface area contributed by atoms with Crippen molar-refractivity contribution in [3.8, 4) is 0 Å². The van der Waals surface area contributed by atoms with E-state index in [4.69, 9.17) is 0 Å². The first kappa shape index (κ1) is 12.7. The van der Waals surface area contributed by atoms with Crippen LogP contribution >= 0.6 is 11.3 Å². The minimum atomic E-state index is -0.497. The van der Waals surface area contributed by atoms with E-state index in [1.54, 1.807) is 19.2 Å². The molecule has 0 fully saturated rings. The van der Waals surface area contributed by atoms with Gasteiger partial charge in [0.15, 0.2) is 0 Å². The van der Waals surface area contributed by atoms with Crippen LogP contribution in [0.4, 0.5) is 4.39 Å². The van der Waals surface area contributed by atoms with Crippen LogP contribution in [-0.4, -0.2) is 10.9 Å². The molecule has 3 nitrogen and oxygen atoms in total. The van der Waals surface area contributed by atoms with Gasteiger partial charge in [0.1, 0.15) is 10.8 Å². The van der Waals surface area contributed by atoms with E-state index in [0.717, 1.165) is 15.4 Å². The van der Waals surface area contributed by atoms with E-state index in [1.165, 1.54) is 23.5 Å². The number of aryl methyl sites for hydroxylation is 2. The number of carbonyl (C=O) groups is 1. The zero-order chi connectivity index (χ0) is 13.1. The van der Waals surface area contributed by atoms with Crippen molar-refractivity contribution < 1.29 is 9.18 Å². The van der Waals surface area contributed by atoms with Crippen LogP contribution in [0.15, 0.2) is 24.4 Å². The first-order valence-electron chi connectivity index (χ1n) is 5.52. The number of hydrogen-bond acceptors (Lipinski definition) is 3. The molecule has 0 spiro atoms. The van der Waals surface area contributed by atoms with E-state index in [1.807, 2.05) is 6.92 Å². The summed E-state index contributed by atoms with van der Waals surface area (Å²) in [7, 11) is 0. The lowest BCUT2D eigenvalue weighted by Gasteiger charge is -2.05. The molecule has 1 aromatic heterocycles. The number of rotatable bonds is 3. The first-order chi connectivity index (χ1) is 8.56. The number of carbonyl (C=O) groups excluding carboxylic acids is 1. The molecule has 0 radical (unpaired) electrons. The van der Waals surface area contributed by atoms with Crippen LogP contribution in [-0.2, 0) is 6.54 Å². The summed E-state index contributed by atoms with van der Waals surface area (Å²) < 4.78 is 13.6. The number of nitrogens with one attached hydrogen (secondary N) is 1. The van der Waals surface area contributed by atoms with Crippen LogP contribution in [0.5, 0.6) is 0 Å². The second-order valence-corrected chi connectivity index (χ2v) is 5.35. The minimum Gasteiger partial charge on any atom is -0.345 e. The summed E-state index contributed by atoms with van der Waals surface area (Å²) in [6.07, 6.45) is 1.75. The monoisotopic (exact) mass is 264 g/mol. The van der Waals surface area contributed by atoms with Crippen molar-refractivity contribution in [1.82, 2.24) is 10.3 Å². The van der Waals surface area contributed by atoms with E-state index in [-0.39, 0.29) is 5.56 Å². The fourth-order valence-electron chi connectivity index (χ4n) is 1.54. The third-order valence-corrected chi connectivity index (χ3v) is 3.35. The number of hydrogen-bond donors (Lipinski definition) is 1. The van der Waals surface area contributed by atoms with Crippen molar-refractivity contribution in [2.24, 2.45) is 0 Å². The maximum absolute atomic E-state index is 13.6. The highest BCUT2D eigenvalue weighted by Gasteiger charge is 2.11. The van der Waals surface area contributed by atoms with Crippen molar-refractivity contribution in [2.45, 2.75) is 20.4 Å². The number of aromatic nitrogens is 1. The third kappa shape index (κ3) is 2.92. The van der Waals surface area contributed by atoms with Gasteiger partial charge in [-0.25, -0.2) is 9.37 Å². The molecule has 1 N–H and O–H groups in total. The topological polar surface area (TPSA) is 42.0 Å². The van der Waals surface area contributed by atoms with Crippen molar-refractivity contribution in [3.63, 3.8) is 0 Å². The maximum Gasteiger partial charge on any atom is 0.254 e. The van der Waals surface area contributed by atoms with E-state index < -0.39 is 11.7 Å². The summed E-state index contributed by atoms with van der Waals surface area (Å²) in [5.41, 5.74) is 0.855. The second-order valence-electron chi connectivity index (χ2n) is 4.03. The summed E-state index contributed by atoms with van der Waals surface area (Å²) in [5, 5.41) is 3.47. The molecule has 2 aromatic rings. The molecule has 0 aliphatic heterocycles. The van der Waals surface area contributed by atoms with Gasteiger partial charge in [0.2, 0.25) is 0 Å². The summed E-state index contributed by atoms with van der Waals surface area (Å²) >= 11 is 1.51. The molecule has 0 saturated carbocycles. The molecule has 5 heteroatoms. The molecule has 1 amide bonds. The zero-order valence-corrected chi connectivity index (χ0v) is 11.0. The standard InChI is InChI=1S/C13H13FN2OS/c1-8-3-4-10(11(14)5-8)13(17)16-7-12-15-6-9(2)18-12/h3-6H,7H2,1-2H3,(H,16,17). The van der Waals surface area contributed by atoms with Crippen LogP contribution in [0.1, 0.15) is 25.8 Å². The van der Waals surface area contributed by atoms with Gasteiger partial charge >= 0.3 is 0 Å². The van der Waals surface area contributed by atoms with Gasteiger partial charge in [-0.3, -0.25) is 4.79 Å². The summed E-state index contributed by atoms with van der Waals surface area (Å²) in [6.45, 7) is 4.05. The predicted octanol–water partition coefficient (Wildman–Crippen LogP) is 2.83. The Morgan fingerprint density at radius 1 is 1.44 bits per heavy atom. The lowest BCUT2D eigenvalue weighted by Crippen LogP contribution is -2.23. The molecule has 0 bridgehead atoms. The summed E-state index contributed by atoms with van der Waals surface area (Å²) in [5.74, 6) is -0.914. The Kier molecular flexibility index (Phi) is 3.72. The summed E-state index contributed by atoms with van der Waals surface area (Å²) in [4.78, 5) is 17.0. The average molecular weight is 264 g/mol. The molecule has 2 rings (SSSR count). The van der Waals surface area contributed by atoms with E-state index >= 15 is 0 Å². The van der Waals surface area contributed by atoms with Gasteiger partial charge in [-0.15, -0.1) is 11.3 Å². The Morgan fingerprint density at radius 3 is 2.83 bits per heavy atom. The van der Waals surface area contributed by atoms with Gasteiger partial charge in [0, 0.05) is 11.1 Å². The fraction of sp³-hybridized carbons (Fsp3) is 0.231. The second kappa shape index (κ2) is 5.27. The highest BCUT2D eigenvalue weighted by Crippen LogP contribution is 2.12. The first-order valence-corrected chi connectivity index (χ1v) is 6.33. The molecule has 1 aromatic carbocycles. The van der Waals surface area contributed by atoms with Crippen molar-refractivity contribution >= 4 is 17.2 Å². The van der Waals surface area contributed by atoms with Crippen LogP contribution in [0, 0.1) is 19.7 Å². The predicted molar refractivity (Wildman–Crippen MR) is 69.2 cm³/mol. The van der Waals surface area contributed by atoms with Crippen LogP contribution in [0.25, 0.3) is 0 Å². The molecule has 0 aliphatic carbocycles. The Hall–Kier alpha value is -1.75. The van der Waals surface area contributed by atoms with Gasteiger partial charge in [0.05, 0.1) is 12.1 Å². The maximum atomic E-state index is 13.6. The minimum absolute atomic E-state index is 0.0638. The lowest BCUT2D eigenvalue weighted by atomic mass is 10.1. The highest BCUT2D eigenvalue weighted by atomic mass is 32.1. The Morgan fingerprint density at radius 2 is 2.22 bits per heavy atom. The van der Waals surface area contributed by atoms with Gasteiger partial charge in [-0.2, -0.15) is 0 Å². The largest absolute Gasteiger partial charge is 0.345 e.